The molecule has 1 amide bonds. The van der Waals surface area contributed by atoms with Crippen LogP contribution in [0, 0.1) is 0 Å². The Balaban J connectivity index is 2.08. The van der Waals surface area contributed by atoms with Crippen molar-refractivity contribution in [1.82, 2.24) is 5.32 Å². The maximum absolute atomic E-state index is 12.1. The first kappa shape index (κ1) is 12.9. The van der Waals surface area contributed by atoms with Crippen LogP contribution in [0.25, 0.3) is 0 Å². The number of fused-ring (bicyclic) bond motifs is 1. The smallest absolute Gasteiger partial charge is 0.227 e. The lowest BCUT2D eigenvalue weighted by molar-refractivity contribution is -0.124. The minimum atomic E-state index is -0.889. The van der Waals surface area contributed by atoms with Gasteiger partial charge in [0.05, 0.1) is 18.1 Å². The van der Waals surface area contributed by atoms with Crippen molar-refractivity contribution in [2.45, 2.75) is 31.8 Å². The van der Waals surface area contributed by atoms with Crippen LogP contribution in [0.3, 0.4) is 0 Å². The summed E-state index contributed by atoms with van der Waals surface area (Å²) in [4.78, 5) is 12.1. The molecule has 0 aliphatic carbocycles. The van der Waals surface area contributed by atoms with E-state index in [4.69, 9.17) is 4.74 Å². The number of ether oxygens (including phenoxy) is 1. The van der Waals surface area contributed by atoms with Crippen molar-refractivity contribution >= 4 is 5.91 Å². The molecule has 4 nitrogen and oxygen atoms in total. The molecule has 1 atom stereocenters. The van der Waals surface area contributed by atoms with Gasteiger partial charge in [0.15, 0.2) is 0 Å². The van der Waals surface area contributed by atoms with Gasteiger partial charge in [0.25, 0.3) is 0 Å². The van der Waals surface area contributed by atoms with Gasteiger partial charge in [0, 0.05) is 12.1 Å². The molecule has 0 aromatic heterocycles. The Morgan fingerprint density at radius 3 is 2.94 bits per heavy atom. The van der Waals surface area contributed by atoms with Crippen molar-refractivity contribution in [3.8, 4) is 5.75 Å². The summed E-state index contributed by atoms with van der Waals surface area (Å²) in [6, 6.07) is 7.60. The molecule has 0 saturated heterocycles. The molecule has 98 valence electrons. The highest BCUT2D eigenvalue weighted by Gasteiger charge is 2.28. The number of rotatable bonds is 3. The van der Waals surface area contributed by atoms with Crippen LogP contribution in [0.2, 0.25) is 0 Å². The second kappa shape index (κ2) is 4.98. The lowest BCUT2D eigenvalue weighted by Gasteiger charge is -2.26. The lowest BCUT2D eigenvalue weighted by Crippen LogP contribution is -2.41. The van der Waals surface area contributed by atoms with Gasteiger partial charge in [-0.2, -0.15) is 0 Å². The van der Waals surface area contributed by atoms with Crippen molar-refractivity contribution in [2.24, 2.45) is 0 Å². The number of benzene rings is 1. The van der Waals surface area contributed by atoms with Crippen molar-refractivity contribution in [2.75, 3.05) is 13.2 Å². The Hall–Kier alpha value is -1.55. The molecule has 2 rings (SSSR count). The predicted molar refractivity (Wildman–Crippen MR) is 68.6 cm³/mol. The summed E-state index contributed by atoms with van der Waals surface area (Å²) >= 11 is 0. The zero-order valence-electron chi connectivity index (χ0n) is 10.8. The van der Waals surface area contributed by atoms with Crippen molar-refractivity contribution in [1.29, 1.82) is 0 Å². The normalized spacial score (nSPS) is 18.7. The fourth-order valence-corrected chi connectivity index (χ4v) is 2.04. The number of hydrogen-bond acceptors (Lipinski definition) is 3. The van der Waals surface area contributed by atoms with Crippen LogP contribution in [0.15, 0.2) is 24.3 Å². The largest absolute Gasteiger partial charge is 0.493 e. The number of amides is 1. The zero-order valence-corrected chi connectivity index (χ0v) is 10.8. The average molecular weight is 249 g/mol. The van der Waals surface area contributed by atoms with Gasteiger partial charge in [-0.25, -0.2) is 0 Å². The quantitative estimate of drug-likeness (QED) is 0.852. The molecule has 2 N–H and O–H groups in total. The fraction of sp³-hybridized carbons (Fsp3) is 0.500. The molecule has 1 unspecified atom stereocenters. The van der Waals surface area contributed by atoms with Crippen LogP contribution in [0.4, 0.5) is 0 Å². The van der Waals surface area contributed by atoms with Crippen LogP contribution >= 0.6 is 0 Å². The van der Waals surface area contributed by atoms with Gasteiger partial charge in [0.1, 0.15) is 5.75 Å². The first-order valence-corrected chi connectivity index (χ1v) is 6.19. The van der Waals surface area contributed by atoms with Gasteiger partial charge in [-0.1, -0.05) is 18.2 Å². The number of nitrogens with one attached hydrogen (secondary N) is 1. The summed E-state index contributed by atoms with van der Waals surface area (Å²) < 4.78 is 5.52. The topological polar surface area (TPSA) is 58.6 Å². The van der Waals surface area contributed by atoms with E-state index >= 15 is 0 Å². The lowest BCUT2D eigenvalue weighted by atomic mass is 9.92. The molecule has 0 radical (unpaired) electrons. The molecule has 1 aliphatic rings. The first-order valence-electron chi connectivity index (χ1n) is 6.19. The summed E-state index contributed by atoms with van der Waals surface area (Å²) in [7, 11) is 0. The Kier molecular flexibility index (Phi) is 3.57. The van der Waals surface area contributed by atoms with Crippen molar-refractivity contribution in [3.63, 3.8) is 0 Å². The highest BCUT2D eigenvalue weighted by Crippen LogP contribution is 2.33. The van der Waals surface area contributed by atoms with Crippen LogP contribution in [-0.4, -0.2) is 29.8 Å². The molecule has 0 saturated carbocycles. The van der Waals surface area contributed by atoms with Gasteiger partial charge in [-0.3, -0.25) is 4.79 Å². The number of carbonyl (C=O) groups is 1. The van der Waals surface area contributed by atoms with Crippen molar-refractivity contribution < 1.29 is 14.6 Å². The monoisotopic (exact) mass is 249 g/mol. The van der Waals surface area contributed by atoms with Gasteiger partial charge < -0.3 is 15.2 Å². The minimum absolute atomic E-state index is 0.0483. The second-order valence-electron chi connectivity index (χ2n) is 5.26. The van der Waals surface area contributed by atoms with E-state index in [9.17, 15) is 9.90 Å². The van der Waals surface area contributed by atoms with Crippen LogP contribution in [-0.2, 0) is 4.79 Å². The van der Waals surface area contributed by atoms with E-state index in [2.05, 4.69) is 5.32 Å². The molecule has 0 bridgehead atoms. The summed E-state index contributed by atoms with van der Waals surface area (Å²) in [5.74, 6) is 0.553. The average Bonchev–Trinajstić information content (AvgIpc) is 2.34. The van der Waals surface area contributed by atoms with E-state index in [-0.39, 0.29) is 18.4 Å². The molecule has 0 spiro atoms. The fourth-order valence-electron chi connectivity index (χ4n) is 2.04. The van der Waals surface area contributed by atoms with Gasteiger partial charge in [-0.15, -0.1) is 0 Å². The summed E-state index contributed by atoms with van der Waals surface area (Å²) in [5, 5.41) is 12.4. The van der Waals surface area contributed by atoms with Gasteiger partial charge in [0.2, 0.25) is 5.91 Å². The third-order valence-corrected chi connectivity index (χ3v) is 2.97. The van der Waals surface area contributed by atoms with Crippen LogP contribution in [0.1, 0.15) is 31.7 Å². The number of hydrogen-bond donors (Lipinski definition) is 2. The SMILES string of the molecule is CC(C)(O)CNC(=O)C1CCOc2ccccc21. The molecular weight excluding hydrogens is 230 g/mol. The maximum atomic E-state index is 12.1. The first-order chi connectivity index (χ1) is 8.47. The standard InChI is InChI=1S/C14H19NO3/c1-14(2,17)9-15-13(16)11-7-8-18-12-6-4-3-5-10(11)12/h3-6,11,17H,7-9H2,1-2H3,(H,15,16). The molecule has 1 aromatic carbocycles. The second-order valence-corrected chi connectivity index (χ2v) is 5.26. The number of para-hydroxylation sites is 1. The minimum Gasteiger partial charge on any atom is -0.493 e. The summed E-state index contributed by atoms with van der Waals surface area (Å²) in [6.45, 7) is 4.15. The maximum Gasteiger partial charge on any atom is 0.227 e. The van der Waals surface area contributed by atoms with E-state index < -0.39 is 5.60 Å². The molecule has 18 heavy (non-hydrogen) atoms. The third-order valence-electron chi connectivity index (χ3n) is 2.97. The zero-order chi connectivity index (χ0) is 13.2. The van der Waals surface area contributed by atoms with Crippen LogP contribution < -0.4 is 10.1 Å². The number of carbonyl (C=O) groups excluding carboxylic acids is 1. The Bertz CT molecular complexity index is 437. The summed E-state index contributed by atoms with van der Waals surface area (Å²) in [5.41, 5.74) is 0.0392. The Labute approximate surface area is 107 Å². The highest BCUT2D eigenvalue weighted by atomic mass is 16.5. The highest BCUT2D eigenvalue weighted by molar-refractivity contribution is 5.84. The Morgan fingerprint density at radius 2 is 2.22 bits per heavy atom. The van der Waals surface area contributed by atoms with Gasteiger partial charge in [-0.05, 0) is 26.3 Å². The van der Waals surface area contributed by atoms with Gasteiger partial charge >= 0.3 is 0 Å². The molecule has 0 fully saturated rings. The molecule has 1 aromatic rings. The van der Waals surface area contributed by atoms with Crippen LogP contribution in [0.5, 0.6) is 5.75 Å². The van der Waals surface area contributed by atoms with E-state index in [0.717, 1.165) is 11.3 Å². The molecular formula is C14H19NO3. The Morgan fingerprint density at radius 1 is 1.50 bits per heavy atom. The predicted octanol–water partition coefficient (Wildman–Crippen LogP) is 1.44. The number of aliphatic hydroxyl groups is 1. The van der Waals surface area contributed by atoms with E-state index in [0.29, 0.717) is 13.0 Å². The van der Waals surface area contributed by atoms with Crippen molar-refractivity contribution in [3.05, 3.63) is 29.8 Å². The van der Waals surface area contributed by atoms with E-state index in [1.54, 1.807) is 13.8 Å². The third kappa shape index (κ3) is 3.01. The van der Waals surface area contributed by atoms with E-state index in [1.807, 2.05) is 24.3 Å². The molecule has 1 heterocycles. The molecule has 1 aliphatic heterocycles. The molecule has 4 heteroatoms. The van der Waals surface area contributed by atoms with E-state index in [1.165, 1.54) is 0 Å². The summed E-state index contributed by atoms with van der Waals surface area (Å²) in [6.07, 6.45) is 0.675.